The van der Waals surface area contributed by atoms with Crippen LogP contribution in [0.3, 0.4) is 0 Å². The quantitative estimate of drug-likeness (QED) is 0.605. The molecule has 0 radical (unpaired) electrons. The van der Waals surface area contributed by atoms with Crippen molar-refractivity contribution in [2.45, 2.75) is 18.7 Å². The van der Waals surface area contributed by atoms with Crippen LogP contribution in [0.15, 0.2) is 50.2 Å². The van der Waals surface area contributed by atoms with E-state index in [2.05, 4.69) is 15.9 Å². The summed E-state index contributed by atoms with van der Waals surface area (Å²) < 4.78 is 32.6. The smallest absolute Gasteiger partial charge is 0.151 e. The Bertz CT molecular complexity index is 868. The Balaban J connectivity index is 2.36. The molecule has 1 unspecified atom stereocenters. The highest BCUT2D eigenvalue weighted by Gasteiger charge is 2.21. The first-order valence-electron chi connectivity index (χ1n) is 6.88. The zero-order chi connectivity index (χ0) is 15.9. The van der Waals surface area contributed by atoms with Crippen molar-refractivity contribution in [3.63, 3.8) is 0 Å². The normalized spacial score (nSPS) is 12.7. The molecule has 0 amide bonds. The Hall–Kier alpha value is -1.46. The van der Waals surface area contributed by atoms with E-state index in [0.29, 0.717) is 16.4 Å². The van der Waals surface area contributed by atoms with E-state index < -0.39 is 10.8 Å². The number of furan rings is 1. The van der Waals surface area contributed by atoms with E-state index in [1.807, 2.05) is 26.0 Å². The van der Waals surface area contributed by atoms with Gasteiger partial charge in [-0.15, -0.1) is 0 Å². The summed E-state index contributed by atoms with van der Waals surface area (Å²) in [5.74, 6) is 0.738. The summed E-state index contributed by atoms with van der Waals surface area (Å²) in [6.07, 6.45) is 0. The Kier molecular flexibility index (Phi) is 4.19. The van der Waals surface area contributed by atoms with Crippen LogP contribution in [0.5, 0.6) is 0 Å². The van der Waals surface area contributed by atoms with Crippen molar-refractivity contribution < 1.29 is 13.0 Å². The lowest BCUT2D eigenvalue weighted by molar-refractivity contribution is 0.616. The van der Waals surface area contributed by atoms with Gasteiger partial charge in [-0.25, -0.2) is 4.39 Å². The summed E-state index contributed by atoms with van der Waals surface area (Å²) in [5, 5.41) is 0.839. The molecule has 5 heteroatoms. The van der Waals surface area contributed by atoms with Crippen molar-refractivity contribution in [2.75, 3.05) is 5.75 Å². The molecule has 1 aromatic heterocycles. The van der Waals surface area contributed by atoms with Crippen molar-refractivity contribution in [1.82, 2.24) is 0 Å². The summed E-state index contributed by atoms with van der Waals surface area (Å²) in [7, 11) is -1.18. The van der Waals surface area contributed by atoms with Crippen LogP contribution in [0.2, 0.25) is 0 Å². The van der Waals surface area contributed by atoms with Gasteiger partial charge in [0.15, 0.2) is 5.76 Å². The third-order valence-electron chi connectivity index (χ3n) is 3.49. The molecule has 3 aromatic rings. The second-order valence-electron chi connectivity index (χ2n) is 5.00. The first-order chi connectivity index (χ1) is 10.5. The summed E-state index contributed by atoms with van der Waals surface area (Å²) in [5.41, 5.74) is 2.41. The van der Waals surface area contributed by atoms with Gasteiger partial charge in [-0.3, -0.25) is 4.21 Å². The van der Waals surface area contributed by atoms with Crippen LogP contribution < -0.4 is 0 Å². The molecule has 1 atom stereocenters. The summed E-state index contributed by atoms with van der Waals surface area (Å²) in [4.78, 5) is 0.675. The van der Waals surface area contributed by atoms with Gasteiger partial charge in [0, 0.05) is 21.2 Å². The van der Waals surface area contributed by atoms with Gasteiger partial charge >= 0.3 is 0 Å². The van der Waals surface area contributed by atoms with Gasteiger partial charge in [0.25, 0.3) is 0 Å². The molecule has 0 aliphatic carbocycles. The molecule has 0 saturated carbocycles. The standard InChI is InChI=1S/C17H14BrFO2S/c1-3-22(20)17-14-9-12(18)8-10(2)15(14)21-16(17)11-4-6-13(19)7-5-11/h4-9H,3H2,1-2H3. The zero-order valence-corrected chi connectivity index (χ0v) is 14.6. The van der Waals surface area contributed by atoms with Crippen molar-refractivity contribution in [2.24, 2.45) is 0 Å². The lowest BCUT2D eigenvalue weighted by Gasteiger charge is -2.02. The number of benzene rings is 2. The van der Waals surface area contributed by atoms with Gasteiger partial charge < -0.3 is 4.42 Å². The maximum Gasteiger partial charge on any atom is 0.151 e. The number of fused-ring (bicyclic) bond motifs is 1. The third-order valence-corrected chi connectivity index (χ3v) is 5.33. The zero-order valence-electron chi connectivity index (χ0n) is 12.2. The topological polar surface area (TPSA) is 30.2 Å². The van der Waals surface area contributed by atoms with Gasteiger partial charge in [-0.1, -0.05) is 22.9 Å². The van der Waals surface area contributed by atoms with Crippen LogP contribution in [0.4, 0.5) is 4.39 Å². The Morgan fingerprint density at radius 1 is 1.23 bits per heavy atom. The van der Waals surface area contributed by atoms with Crippen LogP contribution in [-0.2, 0) is 10.8 Å². The average Bonchev–Trinajstić information content (AvgIpc) is 2.87. The molecule has 1 heterocycles. The molecule has 0 aliphatic heterocycles. The SMILES string of the molecule is CCS(=O)c1c(-c2ccc(F)cc2)oc2c(C)cc(Br)cc12. The van der Waals surface area contributed by atoms with Crippen molar-refractivity contribution in [3.05, 3.63) is 52.3 Å². The van der Waals surface area contributed by atoms with Gasteiger partial charge in [0.1, 0.15) is 11.4 Å². The molecule has 114 valence electrons. The lowest BCUT2D eigenvalue weighted by atomic mass is 10.1. The number of aryl methyl sites for hydroxylation is 1. The molecule has 0 spiro atoms. The van der Waals surface area contributed by atoms with E-state index in [1.54, 1.807) is 12.1 Å². The molecular formula is C17H14BrFO2S. The van der Waals surface area contributed by atoms with E-state index in [1.165, 1.54) is 12.1 Å². The second-order valence-corrected chi connectivity index (χ2v) is 7.59. The number of hydrogen-bond acceptors (Lipinski definition) is 2. The first kappa shape index (κ1) is 15.4. The van der Waals surface area contributed by atoms with Crippen molar-refractivity contribution in [1.29, 1.82) is 0 Å². The van der Waals surface area contributed by atoms with E-state index in [9.17, 15) is 8.60 Å². The lowest BCUT2D eigenvalue weighted by Crippen LogP contribution is -1.95. The van der Waals surface area contributed by atoms with Crippen LogP contribution in [-0.4, -0.2) is 9.96 Å². The minimum Gasteiger partial charge on any atom is -0.454 e. The fraction of sp³-hybridized carbons (Fsp3) is 0.176. The summed E-state index contributed by atoms with van der Waals surface area (Å²) in [6.45, 7) is 3.82. The van der Waals surface area contributed by atoms with Crippen molar-refractivity contribution in [3.8, 4) is 11.3 Å². The van der Waals surface area contributed by atoms with Gasteiger partial charge in [0.2, 0.25) is 0 Å². The number of rotatable bonds is 3. The number of halogens is 2. The predicted octanol–water partition coefficient (Wildman–Crippen LogP) is 5.44. The van der Waals surface area contributed by atoms with Gasteiger partial charge in [0.05, 0.1) is 15.7 Å². The van der Waals surface area contributed by atoms with Crippen LogP contribution >= 0.6 is 15.9 Å². The number of hydrogen-bond donors (Lipinski definition) is 0. The van der Waals surface area contributed by atoms with Gasteiger partial charge in [-0.05, 0) is 48.9 Å². The molecular weight excluding hydrogens is 367 g/mol. The molecule has 0 saturated heterocycles. The minimum atomic E-state index is -1.18. The van der Waals surface area contributed by atoms with Crippen LogP contribution in [0, 0.1) is 12.7 Å². The van der Waals surface area contributed by atoms with E-state index in [0.717, 1.165) is 26.6 Å². The van der Waals surface area contributed by atoms with Crippen LogP contribution in [0.25, 0.3) is 22.3 Å². The Morgan fingerprint density at radius 3 is 2.55 bits per heavy atom. The molecule has 0 aliphatic rings. The molecule has 3 rings (SSSR count). The summed E-state index contributed by atoms with van der Waals surface area (Å²) in [6, 6.07) is 9.93. The molecule has 0 N–H and O–H groups in total. The second kappa shape index (κ2) is 5.97. The fourth-order valence-corrected chi connectivity index (χ4v) is 4.09. The Labute approximate surface area is 138 Å². The van der Waals surface area contributed by atoms with Crippen molar-refractivity contribution >= 4 is 37.7 Å². The fourth-order valence-electron chi connectivity index (χ4n) is 2.47. The molecule has 2 nitrogen and oxygen atoms in total. The predicted molar refractivity (Wildman–Crippen MR) is 91.0 cm³/mol. The first-order valence-corrected chi connectivity index (χ1v) is 8.99. The molecule has 2 aromatic carbocycles. The van der Waals surface area contributed by atoms with E-state index in [4.69, 9.17) is 4.42 Å². The Morgan fingerprint density at radius 2 is 1.91 bits per heavy atom. The highest BCUT2D eigenvalue weighted by Crippen LogP contribution is 2.39. The molecule has 0 bridgehead atoms. The monoisotopic (exact) mass is 380 g/mol. The largest absolute Gasteiger partial charge is 0.454 e. The van der Waals surface area contributed by atoms with E-state index >= 15 is 0 Å². The highest BCUT2D eigenvalue weighted by molar-refractivity contribution is 9.10. The van der Waals surface area contributed by atoms with Gasteiger partial charge in [-0.2, -0.15) is 0 Å². The maximum absolute atomic E-state index is 13.2. The molecule has 0 fully saturated rings. The molecule has 22 heavy (non-hydrogen) atoms. The summed E-state index contributed by atoms with van der Waals surface area (Å²) >= 11 is 3.47. The minimum absolute atomic E-state index is 0.308. The highest BCUT2D eigenvalue weighted by atomic mass is 79.9. The van der Waals surface area contributed by atoms with Crippen LogP contribution in [0.1, 0.15) is 12.5 Å². The van der Waals surface area contributed by atoms with E-state index in [-0.39, 0.29) is 5.82 Å². The third kappa shape index (κ3) is 2.63. The maximum atomic E-state index is 13.2. The average molecular weight is 381 g/mol.